The standard InChI is InChI=1S/C20H33N3O.2ClH/c21-13-7-2-1-6-10-20(24)22-16-18-11-14-23(15-12-18)17-19-8-4-3-5-9-19;;/h3-5,8-9,18H,1-2,6-7,10-17,21H2,(H,22,24);2*1H. The van der Waals surface area contributed by atoms with Gasteiger partial charge in [-0.3, -0.25) is 9.69 Å². The molecular formula is C20H35Cl2N3O. The average Bonchev–Trinajstić information content (AvgIpc) is 2.62. The Kier molecular flexibility index (Phi) is 14.8. The molecule has 4 nitrogen and oxygen atoms in total. The maximum atomic E-state index is 11.9. The minimum absolute atomic E-state index is 0. The molecule has 1 saturated heterocycles. The molecule has 0 unspecified atom stereocenters. The molecule has 0 aliphatic carbocycles. The zero-order chi connectivity index (χ0) is 17.0. The maximum Gasteiger partial charge on any atom is 0.220 e. The molecule has 0 saturated carbocycles. The fraction of sp³-hybridized carbons (Fsp3) is 0.650. The van der Waals surface area contributed by atoms with E-state index in [-0.39, 0.29) is 30.7 Å². The van der Waals surface area contributed by atoms with Gasteiger partial charge in [-0.25, -0.2) is 0 Å². The molecule has 0 bridgehead atoms. The molecule has 26 heavy (non-hydrogen) atoms. The van der Waals surface area contributed by atoms with E-state index in [9.17, 15) is 4.79 Å². The van der Waals surface area contributed by atoms with Crippen molar-refractivity contribution >= 4 is 30.7 Å². The van der Waals surface area contributed by atoms with Crippen LogP contribution in [0.25, 0.3) is 0 Å². The molecule has 0 aromatic heterocycles. The Hall–Kier alpha value is -0.810. The zero-order valence-corrected chi connectivity index (χ0v) is 17.3. The molecule has 0 atom stereocenters. The normalized spacial score (nSPS) is 15.0. The van der Waals surface area contributed by atoms with Crippen LogP contribution in [-0.2, 0) is 11.3 Å². The number of nitrogens with two attached hydrogens (primary N) is 1. The van der Waals surface area contributed by atoms with Gasteiger partial charge in [-0.15, -0.1) is 24.8 Å². The van der Waals surface area contributed by atoms with E-state index in [0.717, 1.165) is 58.4 Å². The molecule has 0 radical (unpaired) electrons. The first-order chi connectivity index (χ1) is 11.8. The second kappa shape index (κ2) is 15.3. The number of hydrogen-bond donors (Lipinski definition) is 2. The number of hydrogen-bond acceptors (Lipinski definition) is 3. The molecule has 1 aliphatic rings. The van der Waals surface area contributed by atoms with Crippen LogP contribution in [0.15, 0.2) is 30.3 Å². The molecular weight excluding hydrogens is 369 g/mol. The lowest BCUT2D eigenvalue weighted by Crippen LogP contribution is -2.38. The van der Waals surface area contributed by atoms with Gasteiger partial charge in [-0.2, -0.15) is 0 Å². The van der Waals surface area contributed by atoms with Crippen molar-refractivity contribution in [2.45, 2.75) is 51.5 Å². The Morgan fingerprint density at radius 2 is 1.69 bits per heavy atom. The molecule has 1 aromatic carbocycles. The van der Waals surface area contributed by atoms with Crippen molar-refractivity contribution < 1.29 is 4.79 Å². The maximum absolute atomic E-state index is 11.9. The third-order valence-corrected chi connectivity index (χ3v) is 4.90. The van der Waals surface area contributed by atoms with Crippen molar-refractivity contribution in [3.05, 3.63) is 35.9 Å². The van der Waals surface area contributed by atoms with Crippen LogP contribution < -0.4 is 11.1 Å². The lowest BCUT2D eigenvalue weighted by molar-refractivity contribution is -0.121. The van der Waals surface area contributed by atoms with E-state index in [1.165, 1.54) is 18.4 Å². The second-order valence-electron chi connectivity index (χ2n) is 6.96. The molecule has 0 spiro atoms. The van der Waals surface area contributed by atoms with Crippen molar-refractivity contribution in [1.82, 2.24) is 10.2 Å². The van der Waals surface area contributed by atoms with E-state index >= 15 is 0 Å². The molecule has 6 heteroatoms. The van der Waals surface area contributed by atoms with Gasteiger partial charge in [0.15, 0.2) is 0 Å². The summed E-state index contributed by atoms with van der Waals surface area (Å²) in [7, 11) is 0. The van der Waals surface area contributed by atoms with Gasteiger partial charge < -0.3 is 11.1 Å². The average molecular weight is 404 g/mol. The van der Waals surface area contributed by atoms with E-state index in [1.54, 1.807) is 0 Å². The Bertz CT molecular complexity index is 465. The van der Waals surface area contributed by atoms with Gasteiger partial charge in [-0.1, -0.05) is 43.2 Å². The first-order valence-corrected chi connectivity index (χ1v) is 9.51. The van der Waals surface area contributed by atoms with Crippen LogP contribution in [0.4, 0.5) is 0 Å². The highest BCUT2D eigenvalue weighted by Gasteiger charge is 2.19. The van der Waals surface area contributed by atoms with E-state index in [1.807, 2.05) is 0 Å². The van der Waals surface area contributed by atoms with E-state index in [4.69, 9.17) is 5.73 Å². The van der Waals surface area contributed by atoms with Crippen molar-refractivity contribution in [3.8, 4) is 0 Å². The summed E-state index contributed by atoms with van der Waals surface area (Å²) in [6.07, 6.45) is 7.35. The molecule has 3 N–H and O–H groups in total. The number of carbonyl (C=O) groups is 1. The highest BCUT2D eigenvalue weighted by Crippen LogP contribution is 2.18. The lowest BCUT2D eigenvalue weighted by atomic mass is 9.96. The third-order valence-electron chi connectivity index (χ3n) is 4.90. The summed E-state index contributed by atoms with van der Waals surface area (Å²) in [5.74, 6) is 0.854. The zero-order valence-electron chi connectivity index (χ0n) is 15.7. The number of halogens is 2. The molecule has 2 rings (SSSR count). The van der Waals surface area contributed by atoms with Crippen LogP contribution in [0.3, 0.4) is 0 Å². The highest BCUT2D eigenvalue weighted by molar-refractivity contribution is 5.85. The summed E-state index contributed by atoms with van der Waals surface area (Å²) in [4.78, 5) is 14.4. The highest BCUT2D eigenvalue weighted by atomic mass is 35.5. The van der Waals surface area contributed by atoms with Gasteiger partial charge in [0.25, 0.3) is 0 Å². The third kappa shape index (κ3) is 10.4. The minimum atomic E-state index is 0. The van der Waals surface area contributed by atoms with E-state index < -0.39 is 0 Å². The predicted octanol–water partition coefficient (Wildman–Crippen LogP) is 3.77. The fourth-order valence-electron chi connectivity index (χ4n) is 3.32. The number of nitrogens with one attached hydrogen (secondary N) is 1. The number of nitrogens with zero attached hydrogens (tertiary/aromatic N) is 1. The molecule has 1 heterocycles. The monoisotopic (exact) mass is 403 g/mol. The van der Waals surface area contributed by atoms with Crippen LogP contribution in [0.5, 0.6) is 0 Å². The van der Waals surface area contributed by atoms with Crippen molar-refractivity contribution in [1.29, 1.82) is 0 Å². The summed E-state index contributed by atoms with van der Waals surface area (Å²) in [6, 6.07) is 10.7. The smallest absolute Gasteiger partial charge is 0.220 e. The SMILES string of the molecule is Cl.Cl.NCCCCCCC(=O)NCC1CCN(Cc2ccccc2)CC1. The van der Waals surface area contributed by atoms with Gasteiger partial charge in [0.2, 0.25) is 5.91 Å². The summed E-state index contributed by atoms with van der Waals surface area (Å²) in [6.45, 7) is 4.92. The molecule has 1 aliphatic heterocycles. The second-order valence-corrected chi connectivity index (χ2v) is 6.96. The van der Waals surface area contributed by atoms with Crippen LogP contribution >= 0.6 is 24.8 Å². The Morgan fingerprint density at radius 1 is 1.04 bits per heavy atom. The van der Waals surface area contributed by atoms with Gasteiger partial charge >= 0.3 is 0 Å². The van der Waals surface area contributed by atoms with E-state index in [2.05, 4.69) is 40.5 Å². The topological polar surface area (TPSA) is 58.4 Å². The van der Waals surface area contributed by atoms with Gasteiger partial charge in [0.05, 0.1) is 0 Å². The predicted molar refractivity (Wildman–Crippen MR) is 114 cm³/mol. The molecule has 1 fully saturated rings. The summed E-state index contributed by atoms with van der Waals surface area (Å²) in [5, 5.41) is 3.13. The van der Waals surface area contributed by atoms with Crippen LogP contribution in [0.1, 0.15) is 50.5 Å². The first kappa shape index (κ1) is 25.2. The Balaban J connectivity index is 0.00000312. The van der Waals surface area contributed by atoms with Crippen molar-refractivity contribution in [2.24, 2.45) is 11.7 Å². The quantitative estimate of drug-likeness (QED) is 0.584. The minimum Gasteiger partial charge on any atom is -0.356 e. The van der Waals surface area contributed by atoms with Gasteiger partial charge in [-0.05, 0) is 56.8 Å². The number of carbonyl (C=O) groups excluding carboxylic acids is 1. The van der Waals surface area contributed by atoms with Gasteiger partial charge in [0.1, 0.15) is 0 Å². The van der Waals surface area contributed by atoms with E-state index in [0.29, 0.717) is 12.3 Å². The van der Waals surface area contributed by atoms with Crippen LogP contribution in [0.2, 0.25) is 0 Å². The lowest BCUT2D eigenvalue weighted by Gasteiger charge is -2.32. The number of piperidine rings is 1. The van der Waals surface area contributed by atoms with Crippen molar-refractivity contribution in [3.63, 3.8) is 0 Å². The van der Waals surface area contributed by atoms with Gasteiger partial charge in [0, 0.05) is 19.5 Å². The summed E-state index contributed by atoms with van der Waals surface area (Å²) in [5.41, 5.74) is 6.86. The largest absolute Gasteiger partial charge is 0.356 e. The number of benzene rings is 1. The number of amides is 1. The Morgan fingerprint density at radius 3 is 2.35 bits per heavy atom. The summed E-state index contributed by atoms with van der Waals surface area (Å²) < 4.78 is 0. The molecule has 1 aromatic rings. The number of likely N-dealkylation sites (tertiary alicyclic amines) is 1. The fourth-order valence-corrected chi connectivity index (χ4v) is 3.32. The van der Waals surface area contributed by atoms with Crippen LogP contribution in [0, 0.1) is 5.92 Å². The molecule has 150 valence electrons. The number of unbranched alkanes of at least 4 members (excludes halogenated alkanes) is 3. The van der Waals surface area contributed by atoms with Crippen LogP contribution in [-0.4, -0.2) is 37.0 Å². The first-order valence-electron chi connectivity index (χ1n) is 9.51. The Labute approximate surface area is 171 Å². The van der Waals surface area contributed by atoms with Crippen molar-refractivity contribution in [2.75, 3.05) is 26.2 Å². The summed E-state index contributed by atoms with van der Waals surface area (Å²) >= 11 is 0. The molecule has 1 amide bonds. The number of rotatable bonds is 10.